The Labute approximate surface area is 116 Å². The van der Waals surface area contributed by atoms with Crippen LogP contribution in [0.3, 0.4) is 0 Å². The van der Waals surface area contributed by atoms with Gasteiger partial charge in [-0.15, -0.1) is 0 Å². The second-order valence-corrected chi connectivity index (χ2v) is 5.63. The SMILES string of the molecule is CC(C)C[C@H](C)/C=C/[C@H](Cc1ccccc1)C(=O)O. The van der Waals surface area contributed by atoms with Crippen molar-refractivity contribution in [3.8, 4) is 0 Å². The molecule has 2 heteroatoms. The fourth-order valence-electron chi connectivity index (χ4n) is 2.25. The number of hydrogen-bond acceptors (Lipinski definition) is 1. The summed E-state index contributed by atoms with van der Waals surface area (Å²) in [7, 11) is 0. The highest BCUT2D eigenvalue weighted by Crippen LogP contribution is 2.16. The summed E-state index contributed by atoms with van der Waals surface area (Å²) in [6, 6.07) is 9.78. The van der Waals surface area contributed by atoms with E-state index < -0.39 is 11.9 Å². The Morgan fingerprint density at radius 1 is 1.16 bits per heavy atom. The normalized spacial score (nSPS) is 14.7. The summed E-state index contributed by atoms with van der Waals surface area (Å²) >= 11 is 0. The van der Waals surface area contributed by atoms with Crippen LogP contribution in [-0.2, 0) is 11.2 Å². The largest absolute Gasteiger partial charge is 0.481 e. The van der Waals surface area contributed by atoms with Gasteiger partial charge in [0.15, 0.2) is 0 Å². The minimum absolute atomic E-state index is 0.428. The molecule has 0 aliphatic heterocycles. The first-order chi connectivity index (χ1) is 8.99. The molecule has 0 saturated heterocycles. The van der Waals surface area contributed by atoms with Crippen molar-refractivity contribution in [3.05, 3.63) is 48.0 Å². The molecule has 0 spiro atoms. The van der Waals surface area contributed by atoms with Crippen molar-refractivity contribution in [1.82, 2.24) is 0 Å². The number of carbonyl (C=O) groups is 1. The van der Waals surface area contributed by atoms with Gasteiger partial charge in [0, 0.05) is 0 Å². The lowest BCUT2D eigenvalue weighted by Gasteiger charge is -2.11. The van der Waals surface area contributed by atoms with Gasteiger partial charge in [-0.3, -0.25) is 4.79 Å². The molecule has 1 aromatic rings. The second kappa shape index (κ2) is 7.78. The van der Waals surface area contributed by atoms with E-state index in [0.717, 1.165) is 12.0 Å². The number of carboxylic acid groups (broad SMARTS) is 1. The topological polar surface area (TPSA) is 37.3 Å². The third kappa shape index (κ3) is 6.23. The fraction of sp³-hybridized carbons (Fsp3) is 0.471. The Bertz CT molecular complexity index is 407. The lowest BCUT2D eigenvalue weighted by molar-refractivity contribution is -0.140. The van der Waals surface area contributed by atoms with E-state index in [0.29, 0.717) is 18.3 Å². The Balaban J connectivity index is 2.63. The first-order valence-electron chi connectivity index (χ1n) is 6.94. The van der Waals surface area contributed by atoms with Crippen LogP contribution in [0.15, 0.2) is 42.5 Å². The Morgan fingerprint density at radius 2 is 1.79 bits per heavy atom. The van der Waals surface area contributed by atoms with Crippen LogP contribution in [-0.4, -0.2) is 11.1 Å². The molecule has 0 unspecified atom stereocenters. The average molecular weight is 260 g/mol. The Kier molecular flexibility index (Phi) is 6.34. The molecule has 1 aromatic carbocycles. The number of rotatable bonds is 7. The van der Waals surface area contributed by atoms with E-state index in [2.05, 4.69) is 20.8 Å². The number of hydrogen-bond donors (Lipinski definition) is 1. The molecular formula is C17H24O2. The standard InChI is InChI=1S/C17H24O2/c1-13(2)11-14(3)9-10-16(17(18)19)12-15-7-5-4-6-8-15/h4-10,13-14,16H,11-12H2,1-3H3,(H,18,19)/b10-9+/t14-,16-/m1/s1. The Morgan fingerprint density at radius 3 is 2.32 bits per heavy atom. The van der Waals surface area contributed by atoms with Crippen LogP contribution in [0.25, 0.3) is 0 Å². The van der Waals surface area contributed by atoms with Gasteiger partial charge in [0.1, 0.15) is 0 Å². The minimum Gasteiger partial charge on any atom is -0.481 e. The molecule has 0 saturated carbocycles. The van der Waals surface area contributed by atoms with Crippen molar-refractivity contribution in [2.24, 2.45) is 17.8 Å². The number of allylic oxidation sites excluding steroid dienone is 1. The molecular weight excluding hydrogens is 236 g/mol. The summed E-state index contributed by atoms with van der Waals surface area (Å²) in [4.78, 5) is 11.3. The van der Waals surface area contributed by atoms with E-state index in [1.807, 2.05) is 42.5 Å². The summed E-state index contributed by atoms with van der Waals surface area (Å²) in [5, 5.41) is 9.28. The van der Waals surface area contributed by atoms with Gasteiger partial charge in [-0.05, 0) is 30.2 Å². The summed E-state index contributed by atoms with van der Waals surface area (Å²) in [5.41, 5.74) is 1.07. The quantitative estimate of drug-likeness (QED) is 0.747. The zero-order valence-electron chi connectivity index (χ0n) is 12.0. The van der Waals surface area contributed by atoms with Gasteiger partial charge < -0.3 is 5.11 Å². The predicted molar refractivity (Wildman–Crippen MR) is 79.0 cm³/mol. The van der Waals surface area contributed by atoms with Crippen LogP contribution < -0.4 is 0 Å². The first kappa shape index (κ1) is 15.5. The van der Waals surface area contributed by atoms with Crippen LogP contribution in [0.2, 0.25) is 0 Å². The van der Waals surface area contributed by atoms with Crippen LogP contribution in [0.4, 0.5) is 0 Å². The van der Waals surface area contributed by atoms with Gasteiger partial charge in [-0.2, -0.15) is 0 Å². The molecule has 0 aliphatic rings. The number of aliphatic carboxylic acids is 1. The van der Waals surface area contributed by atoms with Crippen molar-refractivity contribution in [3.63, 3.8) is 0 Å². The van der Waals surface area contributed by atoms with Gasteiger partial charge in [-0.25, -0.2) is 0 Å². The van der Waals surface area contributed by atoms with Crippen molar-refractivity contribution < 1.29 is 9.90 Å². The molecule has 1 rings (SSSR count). The zero-order valence-corrected chi connectivity index (χ0v) is 12.0. The lowest BCUT2D eigenvalue weighted by atomic mass is 9.94. The summed E-state index contributed by atoms with van der Waals surface area (Å²) in [6.45, 7) is 6.50. The predicted octanol–water partition coefficient (Wildman–Crippen LogP) is 4.17. The van der Waals surface area contributed by atoms with Crippen molar-refractivity contribution in [2.45, 2.75) is 33.6 Å². The molecule has 0 amide bonds. The van der Waals surface area contributed by atoms with Gasteiger partial charge in [0.2, 0.25) is 0 Å². The molecule has 0 aliphatic carbocycles. The maximum atomic E-state index is 11.3. The molecule has 0 bridgehead atoms. The maximum Gasteiger partial charge on any atom is 0.310 e. The van der Waals surface area contributed by atoms with Crippen LogP contribution in [0.5, 0.6) is 0 Å². The third-order valence-corrected chi connectivity index (χ3v) is 3.13. The van der Waals surface area contributed by atoms with E-state index in [9.17, 15) is 9.90 Å². The van der Waals surface area contributed by atoms with Gasteiger partial charge >= 0.3 is 5.97 Å². The highest BCUT2D eigenvalue weighted by atomic mass is 16.4. The van der Waals surface area contributed by atoms with Gasteiger partial charge in [0.05, 0.1) is 5.92 Å². The molecule has 0 aromatic heterocycles. The first-order valence-corrected chi connectivity index (χ1v) is 6.94. The van der Waals surface area contributed by atoms with Crippen LogP contribution in [0, 0.1) is 17.8 Å². The van der Waals surface area contributed by atoms with Gasteiger partial charge in [0.25, 0.3) is 0 Å². The highest BCUT2D eigenvalue weighted by molar-refractivity contribution is 5.72. The molecule has 2 atom stereocenters. The van der Waals surface area contributed by atoms with Crippen molar-refractivity contribution in [2.75, 3.05) is 0 Å². The van der Waals surface area contributed by atoms with Crippen molar-refractivity contribution in [1.29, 1.82) is 0 Å². The zero-order chi connectivity index (χ0) is 14.3. The summed E-state index contributed by atoms with van der Waals surface area (Å²) < 4.78 is 0. The molecule has 0 fully saturated rings. The summed E-state index contributed by atoms with van der Waals surface area (Å²) in [6.07, 6.45) is 5.54. The van der Waals surface area contributed by atoms with E-state index in [1.165, 1.54) is 0 Å². The van der Waals surface area contributed by atoms with E-state index in [1.54, 1.807) is 0 Å². The van der Waals surface area contributed by atoms with Crippen LogP contribution in [0.1, 0.15) is 32.8 Å². The molecule has 0 heterocycles. The van der Waals surface area contributed by atoms with Crippen molar-refractivity contribution >= 4 is 5.97 Å². The molecule has 104 valence electrons. The average Bonchev–Trinajstić information content (AvgIpc) is 2.34. The molecule has 19 heavy (non-hydrogen) atoms. The van der Waals surface area contributed by atoms with E-state index in [4.69, 9.17) is 0 Å². The molecule has 2 nitrogen and oxygen atoms in total. The minimum atomic E-state index is -0.753. The number of carboxylic acids is 1. The van der Waals surface area contributed by atoms with Crippen LogP contribution >= 0.6 is 0 Å². The monoisotopic (exact) mass is 260 g/mol. The second-order valence-electron chi connectivity index (χ2n) is 5.63. The van der Waals surface area contributed by atoms with Gasteiger partial charge in [-0.1, -0.05) is 63.3 Å². The maximum absolute atomic E-state index is 11.3. The highest BCUT2D eigenvalue weighted by Gasteiger charge is 2.14. The molecule has 0 radical (unpaired) electrons. The number of benzene rings is 1. The molecule has 1 N–H and O–H groups in total. The Hall–Kier alpha value is -1.57. The fourth-order valence-corrected chi connectivity index (χ4v) is 2.25. The van der Waals surface area contributed by atoms with E-state index in [-0.39, 0.29) is 0 Å². The van der Waals surface area contributed by atoms with E-state index >= 15 is 0 Å². The smallest absolute Gasteiger partial charge is 0.310 e. The third-order valence-electron chi connectivity index (χ3n) is 3.13. The lowest BCUT2D eigenvalue weighted by Crippen LogP contribution is -2.14. The summed E-state index contributed by atoms with van der Waals surface area (Å²) in [5.74, 6) is -0.122.